The van der Waals surface area contributed by atoms with E-state index in [1.165, 1.54) is 6.42 Å². The molecule has 5 N–H and O–H groups in total. The normalized spacial score (nSPS) is 19.1. The topological polar surface area (TPSA) is 107 Å². The van der Waals surface area contributed by atoms with Gasteiger partial charge in [0.15, 0.2) is 0 Å². The zero-order valence-electron chi connectivity index (χ0n) is 9.33. The number of hydrogen-bond acceptors (Lipinski definition) is 4. The minimum atomic E-state index is -0.867. The molecule has 1 aliphatic carbocycles. The number of imide groups is 1. The van der Waals surface area contributed by atoms with E-state index in [9.17, 15) is 9.59 Å². The van der Waals surface area contributed by atoms with Gasteiger partial charge in [-0.25, -0.2) is 4.79 Å². The fourth-order valence-corrected chi connectivity index (χ4v) is 1.92. The first kappa shape index (κ1) is 12.9. The Hall–Kier alpha value is -1.14. The molecule has 0 saturated heterocycles. The quantitative estimate of drug-likeness (QED) is 0.623. The molecule has 1 saturated carbocycles. The predicted molar refractivity (Wildman–Crippen MR) is 58.5 cm³/mol. The van der Waals surface area contributed by atoms with Gasteiger partial charge in [-0.2, -0.15) is 0 Å². The van der Waals surface area contributed by atoms with Crippen molar-refractivity contribution in [3.8, 4) is 0 Å². The maximum absolute atomic E-state index is 11.0. The Kier molecular flexibility index (Phi) is 4.70. The zero-order chi connectivity index (χ0) is 12.0. The molecule has 0 spiro atoms. The Balaban J connectivity index is 2.18. The minimum Gasteiger partial charge on any atom is -0.370 e. The van der Waals surface area contributed by atoms with E-state index in [0.29, 0.717) is 6.61 Å². The monoisotopic (exact) mass is 229 g/mol. The number of amides is 3. The van der Waals surface area contributed by atoms with Crippen LogP contribution in [-0.2, 0) is 9.53 Å². The van der Waals surface area contributed by atoms with Crippen LogP contribution >= 0.6 is 0 Å². The van der Waals surface area contributed by atoms with Crippen molar-refractivity contribution >= 4 is 11.9 Å². The van der Waals surface area contributed by atoms with Gasteiger partial charge in [0.25, 0.3) is 5.91 Å². The Labute approximate surface area is 94.7 Å². The minimum absolute atomic E-state index is 0.179. The fraction of sp³-hybridized carbons (Fsp3) is 0.800. The molecule has 0 aromatic carbocycles. The highest BCUT2D eigenvalue weighted by atomic mass is 16.5. The van der Waals surface area contributed by atoms with Crippen LogP contribution in [0.25, 0.3) is 0 Å². The van der Waals surface area contributed by atoms with Gasteiger partial charge >= 0.3 is 6.03 Å². The summed E-state index contributed by atoms with van der Waals surface area (Å²) in [7, 11) is 0. The van der Waals surface area contributed by atoms with E-state index in [1.54, 1.807) is 0 Å². The van der Waals surface area contributed by atoms with Gasteiger partial charge in [-0.05, 0) is 12.8 Å². The molecule has 6 nitrogen and oxygen atoms in total. The van der Waals surface area contributed by atoms with E-state index in [0.717, 1.165) is 25.7 Å². The summed E-state index contributed by atoms with van der Waals surface area (Å²) in [4.78, 5) is 21.4. The van der Waals surface area contributed by atoms with Gasteiger partial charge in [0.1, 0.15) is 6.61 Å². The molecule has 0 unspecified atom stereocenters. The number of carbonyl (C=O) groups is 2. The summed E-state index contributed by atoms with van der Waals surface area (Å²) in [6.45, 7) is 0.168. The summed E-state index contributed by atoms with van der Waals surface area (Å²) >= 11 is 0. The van der Waals surface area contributed by atoms with Crippen molar-refractivity contribution in [2.75, 3.05) is 13.2 Å². The Bertz CT molecular complexity index is 262. The molecule has 0 aromatic heterocycles. The SMILES string of the molecule is NC(=O)NC(=O)COCC1(N)CCCCC1. The third kappa shape index (κ3) is 4.59. The van der Waals surface area contributed by atoms with E-state index in [-0.39, 0.29) is 12.1 Å². The van der Waals surface area contributed by atoms with E-state index in [4.69, 9.17) is 16.2 Å². The fourth-order valence-electron chi connectivity index (χ4n) is 1.92. The average Bonchev–Trinajstić information content (AvgIpc) is 2.17. The smallest absolute Gasteiger partial charge is 0.318 e. The zero-order valence-corrected chi connectivity index (χ0v) is 9.33. The van der Waals surface area contributed by atoms with Crippen molar-refractivity contribution in [2.45, 2.75) is 37.6 Å². The Morgan fingerprint density at radius 1 is 1.25 bits per heavy atom. The maximum Gasteiger partial charge on any atom is 0.318 e. The van der Waals surface area contributed by atoms with Crippen molar-refractivity contribution in [3.05, 3.63) is 0 Å². The number of carbonyl (C=O) groups excluding carboxylic acids is 2. The first-order chi connectivity index (χ1) is 7.52. The second kappa shape index (κ2) is 5.81. The lowest BCUT2D eigenvalue weighted by Gasteiger charge is -2.32. The number of ether oxygens (including phenoxy) is 1. The molecule has 0 aliphatic heterocycles. The van der Waals surface area contributed by atoms with Crippen LogP contribution in [0.1, 0.15) is 32.1 Å². The molecule has 0 heterocycles. The van der Waals surface area contributed by atoms with E-state index >= 15 is 0 Å². The van der Waals surface area contributed by atoms with Crippen molar-refractivity contribution in [1.82, 2.24) is 5.32 Å². The second-order valence-corrected chi connectivity index (χ2v) is 4.33. The summed E-state index contributed by atoms with van der Waals surface area (Å²) in [5.41, 5.74) is 10.6. The molecule has 0 bridgehead atoms. The number of rotatable bonds is 4. The van der Waals surface area contributed by atoms with E-state index in [1.807, 2.05) is 5.32 Å². The third-order valence-corrected chi connectivity index (χ3v) is 2.73. The lowest BCUT2D eigenvalue weighted by atomic mass is 9.83. The molecular formula is C10H19N3O3. The van der Waals surface area contributed by atoms with Gasteiger partial charge in [0, 0.05) is 5.54 Å². The molecule has 0 aromatic rings. The number of nitrogens with two attached hydrogens (primary N) is 2. The molecule has 1 aliphatic rings. The Morgan fingerprint density at radius 2 is 1.88 bits per heavy atom. The summed E-state index contributed by atoms with van der Waals surface area (Å²) in [5.74, 6) is -0.535. The molecule has 0 radical (unpaired) electrons. The maximum atomic E-state index is 11.0. The first-order valence-corrected chi connectivity index (χ1v) is 5.48. The van der Waals surface area contributed by atoms with Crippen LogP contribution in [0.4, 0.5) is 4.79 Å². The van der Waals surface area contributed by atoms with Crippen molar-refractivity contribution in [1.29, 1.82) is 0 Å². The summed E-state index contributed by atoms with van der Waals surface area (Å²) in [6.07, 6.45) is 5.26. The molecule has 1 rings (SSSR count). The third-order valence-electron chi connectivity index (χ3n) is 2.73. The number of urea groups is 1. The Morgan fingerprint density at radius 3 is 2.44 bits per heavy atom. The summed E-state index contributed by atoms with van der Waals surface area (Å²) < 4.78 is 5.19. The summed E-state index contributed by atoms with van der Waals surface area (Å²) in [5, 5.41) is 1.93. The highest BCUT2D eigenvalue weighted by Crippen LogP contribution is 2.25. The van der Waals surface area contributed by atoms with Crippen LogP contribution < -0.4 is 16.8 Å². The highest BCUT2D eigenvalue weighted by molar-refractivity contribution is 5.94. The van der Waals surface area contributed by atoms with Gasteiger partial charge in [-0.15, -0.1) is 0 Å². The second-order valence-electron chi connectivity index (χ2n) is 4.33. The first-order valence-electron chi connectivity index (χ1n) is 5.48. The van der Waals surface area contributed by atoms with Gasteiger partial charge < -0.3 is 16.2 Å². The van der Waals surface area contributed by atoms with Crippen LogP contribution in [0.3, 0.4) is 0 Å². The lowest BCUT2D eigenvalue weighted by Crippen LogP contribution is -2.47. The molecular weight excluding hydrogens is 210 g/mol. The van der Waals surface area contributed by atoms with Crippen LogP contribution in [0.5, 0.6) is 0 Å². The van der Waals surface area contributed by atoms with Gasteiger partial charge in [0.05, 0.1) is 6.61 Å². The van der Waals surface area contributed by atoms with Crippen LogP contribution in [0, 0.1) is 0 Å². The number of hydrogen-bond donors (Lipinski definition) is 3. The van der Waals surface area contributed by atoms with Gasteiger partial charge in [0.2, 0.25) is 0 Å². The van der Waals surface area contributed by atoms with Crippen LogP contribution in [0.15, 0.2) is 0 Å². The summed E-state index contributed by atoms with van der Waals surface area (Å²) in [6, 6.07) is -0.867. The van der Waals surface area contributed by atoms with E-state index in [2.05, 4.69) is 0 Å². The molecule has 6 heteroatoms. The lowest BCUT2D eigenvalue weighted by molar-refractivity contribution is -0.125. The predicted octanol–water partition coefficient (Wildman–Crippen LogP) is -0.141. The molecule has 92 valence electrons. The van der Waals surface area contributed by atoms with Gasteiger partial charge in [-0.1, -0.05) is 19.3 Å². The standard InChI is InChI=1S/C10H19N3O3/c11-9(15)13-8(14)6-16-7-10(12)4-2-1-3-5-10/h1-7,12H2,(H3,11,13,14,15). The van der Waals surface area contributed by atoms with Crippen molar-refractivity contribution in [3.63, 3.8) is 0 Å². The number of primary amides is 1. The van der Waals surface area contributed by atoms with Crippen molar-refractivity contribution in [2.24, 2.45) is 11.5 Å². The van der Waals surface area contributed by atoms with E-state index < -0.39 is 11.9 Å². The molecule has 16 heavy (non-hydrogen) atoms. The molecule has 0 atom stereocenters. The van der Waals surface area contributed by atoms with Crippen molar-refractivity contribution < 1.29 is 14.3 Å². The molecule has 1 fully saturated rings. The van der Waals surface area contributed by atoms with Crippen LogP contribution in [0.2, 0.25) is 0 Å². The largest absolute Gasteiger partial charge is 0.370 e. The van der Waals surface area contributed by atoms with Gasteiger partial charge in [-0.3, -0.25) is 10.1 Å². The van der Waals surface area contributed by atoms with Crippen LogP contribution in [-0.4, -0.2) is 30.7 Å². The average molecular weight is 229 g/mol. The number of nitrogens with one attached hydrogen (secondary N) is 1. The molecule has 3 amide bonds. The highest BCUT2D eigenvalue weighted by Gasteiger charge is 2.27.